The van der Waals surface area contributed by atoms with E-state index in [0.29, 0.717) is 19.2 Å². The topological polar surface area (TPSA) is 67.4 Å². The maximum absolute atomic E-state index is 5.81. The maximum atomic E-state index is 5.81. The minimum absolute atomic E-state index is 0. The van der Waals surface area contributed by atoms with Crippen LogP contribution in [0, 0.1) is 0 Å². The lowest BCUT2D eigenvalue weighted by molar-refractivity contribution is 0.173. The number of halogens is 1. The van der Waals surface area contributed by atoms with Crippen LogP contribution in [0.15, 0.2) is 23.2 Å². The highest BCUT2D eigenvalue weighted by atomic mass is 127. The molecule has 2 N–H and O–H groups in total. The minimum Gasteiger partial charge on any atom is -0.492 e. The summed E-state index contributed by atoms with van der Waals surface area (Å²) < 4.78 is 16.5. The Balaban J connectivity index is 0.00000240. The molecule has 2 fully saturated rings. The SMILES string of the molecule is CCNC(=NCCOc1ccc2c(c1)OCO2)NC1CCN(C2CCCC2)C1.I. The van der Waals surface area contributed by atoms with Crippen LogP contribution in [-0.2, 0) is 0 Å². The van der Waals surface area contributed by atoms with Crippen LogP contribution in [0.1, 0.15) is 39.0 Å². The van der Waals surface area contributed by atoms with E-state index in [9.17, 15) is 0 Å². The van der Waals surface area contributed by atoms with Gasteiger partial charge in [-0.25, -0.2) is 4.99 Å². The zero-order valence-electron chi connectivity index (χ0n) is 17.2. The predicted molar refractivity (Wildman–Crippen MR) is 125 cm³/mol. The van der Waals surface area contributed by atoms with Crippen LogP contribution in [0.5, 0.6) is 17.2 Å². The lowest BCUT2D eigenvalue weighted by Gasteiger charge is -2.24. The predicted octanol–water partition coefficient (Wildman–Crippen LogP) is 2.98. The van der Waals surface area contributed by atoms with Crippen molar-refractivity contribution in [3.05, 3.63) is 18.2 Å². The Bertz CT molecular complexity index is 682. The van der Waals surface area contributed by atoms with Gasteiger partial charge in [0.05, 0.1) is 6.54 Å². The third-order valence-corrected chi connectivity index (χ3v) is 5.72. The summed E-state index contributed by atoms with van der Waals surface area (Å²) in [7, 11) is 0. The highest BCUT2D eigenvalue weighted by Crippen LogP contribution is 2.35. The van der Waals surface area contributed by atoms with Gasteiger partial charge in [0.25, 0.3) is 0 Å². The zero-order chi connectivity index (χ0) is 19.2. The zero-order valence-corrected chi connectivity index (χ0v) is 19.5. The molecular weight excluding hydrogens is 483 g/mol. The van der Waals surface area contributed by atoms with Crippen LogP contribution in [0.25, 0.3) is 0 Å². The minimum atomic E-state index is 0. The summed E-state index contributed by atoms with van der Waals surface area (Å²) in [6.07, 6.45) is 6.73. The molecule has 0 spiro atoms. The van der Waals surface area contributed by atoms with Crippen molar-refractivity contribution in [2.75, 3.05) is 39.6 Å². The van der Waals surface area contributed by atoms with Gasteiger partial charge in [0, 0.05) is 37.8 Å². The molecule has 1 aliphatic carbocycles. The molecule has 1 saturated carbocycles. The number of guanidine groups is 1. The second-order valence-corrected chi connectivity index (χ2v) is 7.69. The molecule has 7 nitrogen and oxygen atoms in total. The molecule has 1 atom stereocenters. The van der Waals surface area contributed by atoms with E-state index in [1.807, 2.05) is 18.2 Å². The van der Waals surface area contributed by atoms with E-state index in [1.165, 1.54) is 38.6 Å². The van der Waals surface area contributed by atoms with Crippen molar-refractivity contribution >= 4 is 29.9 Å². The van der Waals surface area contributed by atoms with E-state index in [0.717, 1.165) is 42.3 Å². The second kappa shape index (κ2) is 11.1. The van der Waals surface area contributed by atoms with Gasteiger partial charge < -0.3 is 24.8 Å². The number of fused-ring (bicyclic) bond motifs is 1. The normalized spacial score (nSPS) is 21.8. The van der Waals surface area contributed by atoms with E-state index >= 15 is 0 Å². The third kappa shape index (κ3) is 6.04. The molecule has 3 aliphatic rings. The van der Waals surface area contributed by atoms with E-state index in [-0.39, 0.29) is 30.8 Å². The summed E-state index contributed by atoms with van der Waals surface area (Å²) >= 11 is 0. The molecule has 1 aromatic carbocycles. The van der Waals surface area contributed by atoms with Crippen molar-refractivity contribution < 1.29 is 14.2 Å². The second-order valence-electron chi connectivity index (χ2n) is 7.69. The molecule has 0 radical (unpaired) electrons. The Labute approximate surface area is 190 Å². The molecule has 2 aliphatic heterocycles. The maximum Gasteiger partial charge on any atom is 0.231 e. The summed E-state index contributed by atoms with van der Waals surface area (Å²) in [4.78, 5) is 7.35. The Hall–Kier alpha value is -1.42. The molecule has 1 saturated heterocycles. The number of hydrogen-bond acceptors (Lipinski definition) is 5. The van der Waals surface area contributed by atoms with Crippen molar-refractivity contribution in [2.45, 2.75) is 51.1 Å². The van der Waals surface area contributed by atoms with Crippen molar-refractivity contribution in [1.29, 1.82) is 0 Å². The summed E-state index contributed by atoms with van der Waals surface area (Å²) in [5.41, 5.74) is 0. The number of nitrogens with one attached hydrogen (secondary N) is 2. The van der Waals surface area contributed by atoms with Crippen molar-refractivity contribution in [3.8, 4) is 17.2 Å². The Morgan fingerprint density at radius 1 is 1.21 bits per heavy atom. The van der Waals surface area contributed by atoms with Crippen LogP contribution in [0.3, 0.4) is 0 Å². The summed E-state index contributed by atoms with van der Waals surface area (Å²) in [6.45, 7) is 6.68. The standard InChI is InChI=1S/C21H32N4O3.HI/c1-2-22-21(24-16-9-11-25(14-16)17-5-3-4-6-17)23-10-12-26-18-7-8-19-20(13-18)28-15-27-19;/h7-8,13,16-17H,2-6,9-12,14-15H2,1H3,(H2,22,23,24);1H. The van der Waals surface area contributed by atoms with Crippen molar-refractivity contribution in [1.82, 2.24) is 15.5 Å². The molecule has 162 valence electrons. The smallest absolute Gasteiger partial charge is 0.231 e. The highest BCUT2D eigenvalue weighted by Gasteiger charge is 2.30. The first kappa shape index (κ1) is 22.3. The molecule has 29 heavy (non-hydrogen) atoms. The quantitative estimate of drug-likeness (QED) is 0.252. The fourth-order valence-electron chi connectivity index (χ4n) is 4.31. The molecule has 2 heterocycles. The van der Waals surface area contributed by atoms with E-state index in [1.54, 1.807) is 0 Å². The first-order chi connectivity index (χ1) is 13.8. The molecule has 8 heteroatoms. The summed E-state index contributed by atoms with van der Waals surface area (Å²) in [5.74, 6) is 3.17. The largest absolute Gasteiger partial charge is 0.492 e. The van der Waals surface area contributed by atoms with E-state index in [4.69, 9.17) is 14.2 Å². The van der Waals surface area contributed by atoms with Crippen LogP contribution in [-0.4, -0.2) is 62.5 Å². The number of hydrogen-bond donors (Lipinski definition) is 2. The Morgan fingerprint density at radius 2 is 2.03 bits per heavy atom. The first-order valence-electron chi connectivity index (χ1n) is 10.6. The lowest BCUT2D eigenvalue weighted by Crippen LogP contribution is -2.45. The molecular formula is C21H33IN4O3. The fourth-order valence-corrected chi connectivity index (χ4v) is 4.31. The van der Waals surface area contributed by atoms with Gasteiger partial charge in [-0.2, -0.15) is 0 Å². The van der Waals surface area contributed by atoms with Gasteiger partial charge in [-0.1, -0.05) is 12.8 Å². The molecule has 0 amide bonds. The number of rotatable bonds is 7. The fraction of sp³-hybridized carbons (Fsp3) is 0.667. The van der Waals surface area contributed by atoms with Gasteiger partial charge in [0.1, 0.15) is 12.4 Å². The summed E-state index contributed by atoms with van der Waals surface area (Å²) in [5, 5.41) is 6.96. The van der Waals surface area contributed by atoms with E-state index in [2.05, 4.69) is 27.4 Å². The molecule has 4 rings (SSSR count). The average Bonchev–Trinajstić information content (AvgIpc) is 3.46. The highest BCUT2D eigenvalue weighted by molar-refractivity contribution is 14.0. The van der Waals surface area contributed by atoms with Gasteiger partial charge in [0.15, 0.2) is 17.5 Å². The van der Waals surface area contributed by atoms with Gasteiger partial charge in [-0.05, 0) is 38.3 Å². The lowest BCUT2D eigenvalue weighted by atomic mass is 10.2. The Morgan fingerprint density at radius 3 is 2.86 bits per heavy atom. The van der Waals surface area contributed by atoms with Crippen molar-refractivity contribution in [2.24, 2.45) is 4.99 Å². The van der Waals surface area contributed by atoms with Crippen LogP contribution in [0.2, 0.25) is 0 Å². The molecule has 0 bridgehead atoms. The monoisotopic (exact) mass is 516 g/mol. The number of ether oxygens (including phenoxy) is 3. The van der Waals surface area contributed by atoms with Crippen molar-refractivity contribution in [3.63, 3.8) is 0 Å². The number of likely N-dealkylation sites (tertiary alicyclic amines) is 1. The third-order valence-electron chi connectivity index (χ3n) is 5.72. The number of aliphatic imine (C=N–C) groups is 1. The number of benzene rings is 1. The summed E-state index contributed by atoms with van der Waals surface area (Å²) in [6, 6.07) is 6.93. The van der Waals surface area contributed by atoms with Gasteiger partial charge >= 0.3 is 0 Å². The van der Waals surface area contributed by atoms with Crippen LogP contribution < -0.4 is 24.8 Å². The molecule has 1 aromatic rings. The van der Waals surface area contributed by atoms with Gasteiger partial charge in [0.2, 0.25) is 6.79 Å². The van der Waals surface area contributed by atoms with Crippen LogP contribution in [0.4, 0.5) is 0 Å². The van der Waals surface area contributed by atoms with Crippen LogP contribution >= 0.6 is 24.0 Å². The van der Waals surface area contributed by atoms with E-state index < -0.39 is 0 Å². The molecule has 0 aromatic heterocycles. The Kier molecular flexibility index (Phi) is 8.53. The molecule has 1 unspecified atom stereocenters. The number of nitrogens with zero attached hydrogens (tertiary/aromatic N) is 2. The average molecular weight is 516 g/mol. The van der Waals surface area contributed by atoms with Gasteiger partial charge in [-0.3, -0.25) is 4.90 Å². The van der Waals surface area contributed by atoms with Gasteiger partial charge in [-0.15, -0.1) is 24.0 Å². The first-order valence-corrected chi connectivity index (χ1v) is 10.6.